The molecule has 0 bridgehead atoms. The van der Waals surface area contributed by atoms with Crippen molar-refractivity contribution >= 4 is 11.6 Å². The molecule has 1 amide bonds. The van der Waals surface area contributed by atoms with Crippen molar-refractivity contribution in [3.63, 3.8) is 0 Å². The first-order valence-corrected chi connectivity index (χ1v) is 6.49. The molecule has 0 aromatic heterocycles. The van der Waals surface area contributed by atoms with Crippen LogP contribution in [-0.4, -0.2) is 17.9 Å². The molecule has 4 heteroatoms. The summed E-state index contributed by atoms with van der Waals surface area (Å²) in [5, 5.41) is 0. The number of benzene rings is 2. The smallest absolute Gasteiger partial charge is 0.260 e. The molecular formula is C16H16N2O2. The molecule has 0 aliphatic carbocycles. The van der Waals surface area contributed by atoms with E-state index >= 15 is 0 Å². The van der Waals surface area contributed by atoms with Crippen LogP contribution in [0, 0.1) is 0 Å². The summed E-state index contributed by atoms with van der Waals surface area (Å²) < 4.78 is 5.26. The molecule has 0 spiro atoms. The lowest BCUT2D eigenvalue weighted by molar-refractivity contribution is 0.0749. The van der Waals surface area contributed by atoms with Crippen LogP contribution >= 0.6 is 0 Å². The average molecular weight is 268 g/mol. The van der Waals surface area contributed by atoms with Gasteiger partial charge in [0.2, 0.25) is 0 Å². The van der Waals surface area contributed by atoms with Crippen molar-refractivity contribution in [2.24, 2.45) is 0 Å². The lowest BCUT2D eigenvalue weighted by Crippen LogP contribution is -2.26. The number of hydrogen-bond donors (Lipinski definition) is 1. The lowest BCUT2D eigenvalue weighted by atomic mass is 10.1. The predicted molar refractivity (Wildman–Crippen MR) is 77.4 cm³/mol. The first-order chi connectivity index (χ1) is 9.70. The van der Waals surface area contributed by atoms with Crippen molar-refractivity contribution < 1.29 is 9.53 Å². The molecule has 1 aliphatic rings. The molecule has 2 aromatic rings. The number of hydrogen-bond acceptors (Lipinski definition) is 3. The van der Waals surface area contributed by atoms with E-state index in [4.69, 9.17) is 10.5 Å². The third-order valence-corrected chi connectivity index (χ3v) is 3.62. The van der Waals surface area contributed by atoms with Crippen LogP contribution in [0.5, 0.6) is 5.75 Å². The highest BCUT2D eigenvalue weighted by atomic mass is 16.5. The number of nitrogen functional groups attached to an aromatic ring is 1. The average Bonchev–Trinajstić information content (AvgIpc) is 2.90. The molecule has 4 nitrogen and oxygen atoms in total. The van der Waals surface area contributed by atoms with Gasteiger partial charge in [-0.15, -0.1) is 0 Å². The summed E-state index contributed by atoms with van der Waals surface area (Å²) in [7, 11) is 1.55. The maximum atomic E-state index is 12.7. The molecule has 0 fully saturated rings. The third kappa shape index (κ3) is 1.99. The summed E-state index contributed by atoms with van der Waals surface area (Å²) >= 11 is 0. The van der Waals surface area contributed by atoms with Crippen molar-refractivity contribution in [3.05, 3.63) is 59.2 Å². The van der Waals surface area contributed by atoms with Gasteiger partial charge in [0.1, 0.15) is 11.3 Å². The van der Waals surface area contributed by atoms with E-state index in [1.54, 1.807) is 30.2 Å². The maximum Gasteiger partial charge on any atom is 0.260 e. The van der Waals surface area contributed by atoms with Gasteiger partial charge in [0.15, 0.2) is 0 Å². The molecule has 0 unspecified atom stereocenters. The van der Waals surface area contributed by atoms with Gasteiger partial charge in [0.05, 0.1) is 7.11 Å². The first kappa shape index (κ1) is 12.5. The Morgan fingerprint density at radius 1 is 1.10 bits per heavy atom. The van der Waals surface area contributed by atoms with Gasteiger partial charge in [-0.3, -0.25) is 4.79 Å². The summed E-state index contributed by atoms with van der Waals surface area (Å²) in [6.45, 7) is 1.24. The summed E-state index contributed by atoms with van der Waals surface area (Å²) in [5.41, 5.74) is 9.22. The number of nitrogens with zero attached hydrogens (tertiary/aromatic N) is 1. The molecule has 0 saturated heterocycles. The Bertz CT molecular complexity index is 642. The largest absolute Gasteiger partial charge is 0.496 e. The minimum absolute atomic E-state index is 0.0869. The van der Waals surface area contributed by atoms with Gasteiger partial charge in [0.25, 0.3) is 5.91 Å². The number of carbonyl (C=O) groups is 1. The van der Waals surface area contributed by atoms with E-state index < -0.39 is 0 Å². The molecule has 0 atom stereocenters. The summed E-state index contributed by atoms with van der Waals surface area (Å²) in [5.74, 6) is 0.433. The van der Waals surface area contributed by atoms with Gasteiger partial charge >= 0.3 is 0 Å². The maximum absolute atomic E-state index is 12.7. The molecule has 20 heavy (non-hydrogen) atoms. The normalized spacial score (nSPS) is 13.2. The summed E-state index contributed by atoms with van der Waals surface area (Å²) in [6.07, 6.45) is 0. The number of anilines is 1. The van der Waals surface area contributed by atoms with Crippen LogP contribution in [-0.2, 0) is 13.1 Å². The van der Waals surface area contributed by atoms with Crippen molar-refractivity contribution in [2.75, 3.05) is 12.8 Å². The Balaban J connectivity index is 1.92. The Morgan fingerprint density at radius 2 is 1.75 bits per heavy atom. The van der Waals surface area contributed by atoms with E-state index in [-0.39, 0.29) is 5.91 Å². The molecule has 2 aromatic carbocycles. The Morgan fingerprint density at radius 3 is 2.35 bits per heavy atom. The van der Waals surface area contributed by atoms with E-state index in [1.165, 1.54) is 11.1 Å². The van der Waals surface area contributed by atoms with Gasteiger partial charge in [-0.05, 0) is 23.3 Å². The molecule has 1 heterocycles. The number of amides is 1. The highest BCUT2D eigenvalue weighted by Gasteiger charge is 2.27. The van der Waals surface area contributed by atoms with Gasteiger partial charge in [-0.1, -0.05) is 30.3 Å². The Labute approximate surface area is 117 Å². The Kier molecular flexibility index (Phi) is 3.06. The first-order valence-electron chi connectivity index (χ1n) is 6.49. The van der Waals surface area contributed by atoms with Gasteiger partial charge in [0, 0.05) is 18.8 Å². The zero-order valence-electron chi connectivity index (χ0n) is 11.3. The molecule has 3 rings (SSSR count). The molecule has 1 aliphatic heterocycles. The number of fused-ring (bicyclic) bond motifs is 1. The van der Waals surface area contributed by atoms with Crippen LogP contribution in [0.1, 0.15) is 21.5 Å². The zero-order chi connectivity index (χ0) is 14.1. The standard InChI is InChI=1S/C16H16N2O2/c1-20-14-8-4-7-13(17)15(14)16(19)18-9-11-5-2-3-6-12(11)10-18/h2-8H,9-10,17H2,1H3. The van der Waals surface area contributed by atoms with E-state index in [9.17, 15) is 4.79 Å². The van der Waals surface area contributed by atoms with Gasteiger partial charge in [-0.25, -0.2) is 0 Å². The molecule has 0 saturated carbocycles. The quantitative estimate of drug-likeness (QED) is 0.851. The summed E-state index contributed by atoms with van der Waals surface area (Å²) in [6, 6.07) is 13.3. The second-order valence-electron chi connectivity index (χ2n) is 4.85. The fourth-order valence-corrected chi connectivity index (χ4v) is 2.58. The minimum Gasteiger partial charge on any atom is -0.496 e. The fourth-order valence-electron chi connectivity index (χ4n) is 2.58. The van der Waals surface area contributed by atoms with Crippen molar-refractivity contribution in [1.29, 1.82) is 0 Å². The molecular weight excluding hydrogens is 252 g/mol. The lowest BCUT2D eigenvalue weighted by Gasteiger charge is -2.18. The van der Waals surface area contributed by atoms with Crippen LogP contribution in [0.15, 0.2) is 42.5 Å². The predicted octanol–water partition coefficient (Wildman–Crippen LogP) is 2.43. The molecule has 2 N–H and O–H groups in total. The number of nitrogens with two attached hydrogens (primary N) is 1. The van der Waals surface area contributed by atoms with Crippen molar-refractivity contribution in [1.82, 2.24) is 4.90 Å². The van der Waals surface area contributed by atoms with Crippen LogP contribution in [0.2, 0.25) is 0 Å². The van der Waals surface area contributed by atoms with E-state index in [1.807, 2.05) is 24.3 Å². The van der Waals surface area contributed by atoms with Crippen LogP contribution in [0.3, 0.4) is 0 Å². The molecule has 102 valence electrons. The highest BCUT2D eigenvalue weighted by Crippen LogP contribution is 2.30. The van der Waals surface area contributed by atoms with Gasteiger partial charge in [-0.2, -0.15) is 0 Å². The summed E-state index contributed by atoms with van der Waals surface area (Å²) in [4.78, 5) is 14.5. The topological polar surface area (TPSA) is 55.6 Å². The Hall–Kier alpha value is -2.49. The van der Waals surface area contributed by atoms with Crippen LogP contribution < -0.4 is 10.5 Å². The fraction of sp³-hybridized carbons (Fsp3) is 0.188. The number of ether oxygens (including phenoxy) is 1. The van der Waals surface area contributed by atoms with Crippen molar-refractivity contribution in [3.8, 4) is 5.75 Å². The number of rotatable bonds is 2. The second kappa shape index (κ2) is 4.89. The third-order valence-electron chi connectivity index (χ3n) is 3.62. The zero-order valence-corrected chi connectivity index (χ0v) is 11.3. The van der Waals surface area contributed by atoms with Crippen LogP contribution in [0.4, 0.5) is 5.69 Å². The van der Waals surface area contributed by atoms with E-state index in [0.29, 0.717) is 30.1 Å². The monoisotopic (exact) mass is 268 g/mol. The highest BCUT2D eigenvalue weighted by molar-refractivity contribution is 6.02. The molecule has 0 radical (unpaired) electrons. The number of carbonyl (C=O) groups excluding carboxylic acids is 1. The second-order valence-corrected chi connectivity index (χ2v) is 4.85. The van der Waals surface area contributed by atoms with Crippen LogP contribution in [0.25, 0.3) is 0 Å². The minimum atomic E-state index is -0.0869. The SMILES string of the molecule is COc1cccc(N)c1C(=O)N1Cc2ccccc2C1. The van der Waals surface area contributed by atoms with Gasteiger partial charge < -0.3 is 15.4 Å². The van der Waals surface area contributed by atoms with E-state index in [0.717, 1.165) is 0 Å². The number of methoxy groups -OCH3 is 1. The van der Waals surface area contributed by atoms with E-state index in [2.05, 4.69) is 0 Å². The van der Waals surface area contributed by atoms with Crippen molar-refractivity contribution in [2.45, 2.75) is 13.1 Å².